The Balaban J connectivity index is 1.89. The summed E-state index contributed by atoms with van der Waals surface area (Å²) in [5.41, 5.74) is 1.99. The number of hydrogen-bond donors (Lipinski definition) is 2. The minimum Gasteiger partial charge on any atom is -0.354 e. The molecular formula is C17H22ClN3O. The predicted molar refractivity (Wildman–Crippen MR) is 91.0 cm³/mol. The molecule has 22 heavy (non-hydrogen) atoms. The molecule has 4 nitrogen and oxygen atoms in total. The average molecular weight is 320 g/mol. The van der Waals surface area contributed by atoms with E-state index in [4.69, 9.17) is 11.6 Å². The van der Waals surface area contributed by atoms with Crippen LogP contribution in [-0.4, -0.2) is 23.5 Å². The van der Waals surface area contributed by atoms with Crippen molar-refractivity contribution >= 4 is 28.4 Å². The molecule has 1 amide bonds. The standard InChI is InChI=1S/C17H22ClN3O/c1-3-12(2)21-16(22)6-8-19-11-14-10-15(18)9-13-5-4-7-20-17(13)14/h4-5,7,9-10,12,19H,3,6,8,11H2,1-2H3,(H,21,22)/t12-/m0/s1. The highest BCUT2D eigenvalue weighted by Crippen LogP contribution is 2.22. The molecule has 1 heterocycles. The van der Waals surface area contributed by atoms with Gasteiger partial charge in [-0.15, -0.1) is 0 Å². The number of fused-ring (bicyclic) bond motifs is 1. The lowest BCUT2D eigenvalue weighted by Crippen LogP contribution is -2.33. The fraction of sp³-hybridized carbons (Fsp3) is 0.412. The third-order valence-corrected chi connectivity index (χ3v) is 3.83. The minimum atomic E-state index is 0.0796. The van der Waals surface area contributed by atoms with Gasteiger partial charge in [-0.1, -0.05) is 24.6 Å². The molecule has 0 aliphatic carbocycles. The number of pyridine rings is 1. The van der Waals surface area contributed by atoms with Gasteiger partial charge in [0.1, 0.15) is 0 Å². The molecule has 1 atom stereocenters. The second-order valence-electron chi connectivity index (χ2n) is 5.44. The van der Waals surface area contributed by atoms with Crippen LogP contribution >= 0.6 is 11.6 Å². The summed E-state index contributed by atoms with van der Waals surface area (Å²) in [6.45, 7) is 5.34. The highest BCUT2D eigenvalue weighted by molar-refractivity contribution is 6.31. The van der Waals surface area contributed by atoms with Gasteiger partial charge in [-0.3, -0.25) is 9.78 Å². The van der Waals surface area contributed by atoms with E-state index in [-0.39, 0.29) is 11.9 Å². The van der Waals surface area contributed by atoms with Crippen molar-refractivity contribution in [3.63, 3.8) is 0 Å². The number of carbonyl (C=O) groups excluding carboxylic acids is 1. The number of halogens is 1. The van der Waals surface area contributed by atoms with Crippen LogP contribution in [-0.2, 0) is 11.3 Å². The van der Waals surface area contributed by atoms with Gasteiger partial charge < -0.3 is 10.6 Å². The minimum absolute atomic E-state index is 0.0796. The van der Waals surface area contributed by atoms with Crippen molar-refractivity contribution < 1.29 is 4.79 Å². The normalized spacial score (nSPS) is 12.3. The van der Waals surface area contributed by atoms with E-state index in [1.165, 1.54) is 0 Å². The Morgan fingerprint density at radius 3 is 3.00 bits per heavy atom. The van der Waals surface area contributed by atoms with Gasteiger partial charge in [0.05, 0.1) is 5.52 Å². The summed E-state index contributed by atoms with van der Waals surface area (Å²) in [6, 6.07) is 7.95. The smallest absolute Gasteiger partial charge is 0.221 e. The first kappa shape index (κ1) is 16.7. The Hall–Kier alpha value is -1.65. The van der Waals surface area contributed by atoms with E-state index in [1.54, 1.807) is 6.20 Å². The molecule has 118 valence electrons. The summed E-state index contributed by atoms with van der Waals surface area (Å²) in [4.78, 5) is 16.1. The van der Waals surface area contributed by atoms with Gasteiger partial charge in [-0.2, -0.15) is 0 Å². The maximum absolute atomic E-state index is 11.7. The molecule has 0 fully saturated rings. The number of nitrogens with zero attached hydrogens (tertiary/aromatic N) is 1. The molecular weight excluding hydrogens is 298 g/mol. The number of benzene rings is 1. The topological polar surface area (TPSA) is 54.0 Å². The van der Waals surface area contributed by atoms with Crippen LogP contribution < -0.4 is 10.6 Å². The summed E-state index contributed by atoms with van der Waals surface area (Å²) in [5.74, 6) is 0.0796. The second-order valence-corrected chi connectivity index (χ2v) is 5.88. The molecule has 5 heteroatoms. The zero-order valence-electron chi connectivity index (χ0n) is 13.0. The van der Waals surface area contributed by atoms with Crippen LogP contribution in [0.25, 0.3) is 10.9 Å². The van der Waals surface area contributed by atoms with Crippen LogP contribution in [0.3, 0.4) is 0 Å². The molecule has 0 radical (unpaired) electrons. The van der Waals surface area contributed by atoms with Crippen molar-refractivity contribution in [3.8, 4) is 0 Å². The van der Waals surface area contributed by atoms with Crippen LogP contribution in [0.15, 0.2) is 30.5 Å². The number of carbonyl (C=O) groups is 1. The van der Waals surface area contributed by atoms with Crippen molar-refractivity contribution in [1.29, 1.82) is 0 Å². The van der Waals surface area contributed by atoms with Crippen molar-refractivity contribution in [2.75, 3.05) is 6.54 Å². The molecule has 0 unspecified atom stereocenters. The monoisotopic (exact) mass is 319 g/mol. The molecule has 0 aliphatic heterocycles. The van der Waals surface area contributed by atoms with Gasteiger partial charge in [0, 0.05) is 42.2 Å². The van der Waals surface area contributed by atoms with Crippen LogP contribution in [0.4, 0.5) is 0 Å². The van der Waals surface area contributed by atoms with Crippen molar-refractivity contribution in [1.82, 2.24) is 15.6 Å². The maximum Gasteiger partial charge on any atom is 0.221 e. The summed E-state index contributed by atoms with van der Waals surface area (Å²) in [5, 5.41) is 7.97. The van der Waals surface area contributed by atoms with E-state index < -0.39 is 0 Å². The molecule has 0 saturated heterocycles. The number of rotatable bonds is 7. The van der Waals surface area contributed by atoms with E-state index in [9.17, 15) is 4.79 Å². The molecule has 0 saturated carbocycles. The Labute approximate surface area is 136 Å². The molecule has 1 aromatic heterocycles. The molecule has 2 aromatic rings. The Morgan fingerprint density at radius 1 is 1.41 bits per heavy atom. The first-order chi connectivity index (χ1) is 10.6. The van der Waals surface area contributed by atoms with Crippen molar-refractivity contribution in [2.24, 2.45) is 0 Å². The number of hydrogen-bond acceptors (Lipinski definition) is 3. The van der Waals surface area contributed by atoms with E-state index >= 15 is 0 Å². The lowest BCUT2D eigenvalue weighted by atomic mass is 10.1. The SMILES string of the molecule is CC[C@H](C)NC(=O)CCNCc1cc(Cl)cc2cccnc12. The van der Waals surface area contributed by atoms with Crippen molar-refractivity contribution in [2.45, 2.75) is 39.3 Å². The molecule has 0 spiro atoms. The van der Waals surface area contributed by atoms with Gasteiger partial charge in [-0.05, 0) is 37.1 Å². The van der Waals surface area contributed by atoms with Gasteiger partial charge >= 0.3 is 0 Å². The third kappa shape index (κ3) is 4.68. The Bertz CT molecular complexity index is 645. The van der Waals surface area contributed by atoms with Crippen molar-refractivity contribution in [3.05, 3.63) is 41.0 Å². The van der Waals surface area contributed by atoms with Gasteiger partial charge in [0.2, 0.25) is 5.91 Å². The first-order valence-corrected chi connectivity index (χ1v) is 8.01. The molecule has 1 aromatic carbocycles. The van der Waals surface area contributed by atoms with Crippen LogP contribution in [0.2, 0.25) is 5.02 Å². The fourth-order valence-corrected chi connectivity index (χ4v) is 2.49. The van der Waals surface area contributed by atoms with E-state index in [2.05, 4.69) is 22.5 Å². The summed E-state index contributed by atoms with van der Waals surface area (Å²) in [7, 11) is 0. The predicted octanol–water partition coefficient (Wildman–Crippen LogP) is 3.28. The van der Waals surface area contributed by atoms with Crippen LogP contribution in [0.5, 0.6) is 0 Å². The lowest BCUT2D eigenvalue weighted by Gasteiger charge is -2.12. The first-order valence-electron chi connectivity index (χ1n) is 7.63. The van der Waals surface area contributed by atoms with Crippen LogP contribution in [0, 0.1) is 0 Å². The number of aromatic nitrogens is 1. The summed E-state index contributed by atoms with van der Waals surface area (Å²) in [6.07, 6.45) is 3.19. The van der Waals surface area contributed by atoms with E-state index in [0.717, 1.165) is 22.9 Å². The molecule has 2 rings (SSSR count). The maximum atomic E-state index is 11.7. The third-order valence-electron chi connectivity index (χ3n) is 3.61. The average Bonchev–Trinajstić information content (AvgIpc) is 2.51. The molecule has 2 N–H and O–H groups in total. The number of nitrogens with one attached hydrogen (secondary N) is 2. The van der Waals surface area contributed by atoms with E-state index in [0.29, 0.717) is 24.5 Å². The zero-order valence-corrected chi connectivity index (χ0v) is 13.8. The Kier molecular flexibility index (Phi) is 6.16. The Morgan fingerprint density at radius 2 is 2.23 bits per heavy atom. The highest BCUT2D eigenvalue weighted by Gasteiger charge is 2.06. The highest BCUT2D eigenvalue weighted by atomic mass is 35.5. The fourth-order valence-electron chi connectivity index (χ4n) is 2.24. The molecule has 0 bridgehead atoms. The summed E-state index contributed by atoms with van der Waals surface area (Å²) < 4.78 is 0. The second kappa shape index (κ2) is 8.11. The zero-order chi connectivity index (χ0) is 15.9. The quantitative estimate of drug-likeness (QED) is 0.770. The number of amides is 1. The largest absolute Gasteiger partial charge is 0.354 e. The molecule has 0 aliphatic rings. The summed E-state index contributed by atoms with van der Waals surface area (Å²) >= 11 is 6.14. The van der Waals surface area contributed by atoms with E-state index in [1.807, 2.05) is 31.2 Å². The van der Waals surface area contributed by atoms with Gasteiger partial charge in [-0.25, -0.2) is 0 Å². The lowest BCUT2D eigenvalue weighted by molar-refractivity contribution is -0.121. The van der Waals surface area contributed by atoms with Gasteiger partial charge in [0.25, 0.3) is 0 Å². The van der Waals surface area contributed by atoms with Crippen LogP contribution in [0.1, 0.15) is 32.3 Å². The van der Waals surface area contributed by atoms with Gasteiger partial charge in [0.15, 0.2) is 0 Å².